The zero-order valence-corrected chi connectivity index (χ0v) is 17.7. The van der Waals surface area contributed by atoms with Crippen molar-refractivity contribution in [2.24, 2.45) is 0 Å². The monoisotopic (exact) mass is 454 g/mol. The number of carbonyl (C=O) groups is 2. The Bertz CT molecular complexity index is 1210. The van der Waals surface area contributed by atoms with Gasteiger partial charge in [0.05, 0.1) is 6.04 Å². The number of carbonyl (C=O) groups excluding carboxylic acids is 2. The lowest BCUT2D eigenvalue weighted by atomic mass is 9.59. The third-order valence-corrected chi connectivity index (χ3v) is 6.69. The second-order valence-corrected chi connectivity index (χ2v) is 8.75. The molecule has 2 aliphatic heterocycles. The number of fused-ring (bicyclic) bond motifs is 2. The maximum Gasteiger partial charge on any atom is 0.238 e. The maximum atomic E-state index is 14.2. The molecule has 0 unspecified atom stereocenters. The van der Waals surface area contributed by atoms with Crippen LogP contribution in [-0.2, 0) is 15.0 Å². The van der Waals surface area contributed by atoms with E-state index in [2.05, 4.69) is 10.6 Å². The van der Waals surface area contributed by atoms with E-state index in [1.54, 1.807) is 36.4 Å². The standard InChI is InChI=1S/C24H17Cl2FN2O2/c25-15-6-4-13(5-7-15)19-12-21(30)29-22(14-2-1-3-17(27)10-14)24(19)18-9-8-16(26)11-20(18)28-23(24)31/h1-11,19,22H,12H2,(H,28,31)(H,29,30)/t19-,22+,24-/m1/s1. The van der Waals surface area contributed by atoms with Crippen molar-refractivity contribution in [3.63, 3.8) is 0 Å². The number of piperidine rings is 1. The molecule has 3 aromatic rings. The van der Waals surface area contributed by atoms with Crippen LogP contribution in [0.5, 0.6) is 0 Å². The van der Waals surface area contributed by atoms with E-state index in [-0.39, 0.29) is 18.2 Å². The molecule has 2 heterocycles. The molecule has 5 rings (SSSR count). The summed E-state index contributed by atoms with van der Waals surface area (Å²) in [6.07, 6.45) is 0.100. The number of nitrogens with one attached hydrogen (secondary N) is 2. The second-order valence-electron chi connectivity index (χ2n) is 7.88. The molecule has 7 heteroatoms. The van der Waals surface area contributed by atoms with Crippen LogP contribution in [0.1, 0.15) is 35.1 Å². The molecule has 156 valence electrons. The highest BCUT2D eigenvalue weighted by molar-refractivity contribution is 6.31. The maximum absolute atomic E-state index is 14.2. The molecule has 3 atom stereocenters. The fourth-order valence-corrected chi connectivity index (χ4v) is 5.25. The number of anilines is 1. The lowest BCUT2D eigenvalue weighted by Gasteiger charge is -2.46. The van der Waals surface area contributed by atoms with E-state index in [9.17, 15) is 14.0 Å². The van der Waals surface area contributed by atoms with Gasteiger partial charge in [0.25, 0.3) is 0 Å². The van der Waals surface area contributed by atoms with Gasteiger partial charge in [0, 0.05) is 28.1 Å². The van der Waals surface area contributed by atoms with Crippen LogP contribution in [-0.4, -0.2) is 11.8 Å². The molecule has 3 aromatic carbocycles. The van der Waals surface area contributed by atoms with Crippen LogP contribution in [0.3, 0.4) is 0 Å². The predicted octanol–water partition coefficient (Wildman–Crippen LogP) is 5.37. The number of hydrogen-bond acceptors (Lipinski definition) is 2. The van der Waals surface area contributed by atoms with Gasteiger partial charge in [-0.05, 0) is 53.1 Å². The van der Waals surface area contributed by atoms with Crippen molar-refractivity contribution in [2.45, 2.75) is 23.8 Å². The Balaban J connectivity index is 1.80. The fraction of sp³-hybridized carbons (Fsp3) is 0.167. The van der Waals surface area contributed by atoms with E-state index in [0.29, 0.717) is 21.3 Å². The first-order valence-electron chi connectivity index (χ1n) is 9.81. The summed E-state index contributed by atoms with van der Waals surface area (Å²) in [6.45, 7) is 0. The summed E-state index contributed by atoms with van der Waals surface area (Å²) < 4.78 is 14.2. The van der Waals surface area contributed by atoms with E-state index < -0.39 is 23.2 Å². The molecule has 2 amide bonds. The highest BCUT2D eigenvalue weighted by Gasteiger charge is 2.61. The topological polar surface area (TPSA) is 58.2 Å². The average molecular weight is 455 g/mol. The lowest BCUT2D eigenvalue weighted by molar-refractivity contribution is -0.131. The van der Waals surface area contributed by atoms with Crippen molar-refractivity contribution in [3.05, 3.63) is 99.3 Å². The van der Waals surface area contributed by atoms with Gasteiger partial charge in [0.1, 0.15) is 11.2 Å². The molecule has 0 aliphatic carbocycles. The number of rotatable bonds is 2. The summed E-state index contributed by atoms with van der Waals surface area (Å²) in [5.74, 6) is -1.41. The minimum Gasteiger partial charge on any atom is -0.348 e. The fourth-order valence-electron chi connectivity index (χ4n) is 4.95. The first-order valence-corrected chi connectivity index (χ1v) is 10.6. The molecule has 0 radical (unpaired) electrons. The first kappa shape index (κ1) is 20.0. The summed E-state index contributed by atoms with van der Waals surface area (Å²) in [4.78, 5) is 26.5. The summed E-state index contributed by atoms with van der Waals surface area (Å²) in [5.41, 5.74) is 1.45. The molecule has 31 heavy (non-hydrogen) atoms. The normalized spacial score (nSPS) is 24.6. The lowest BCUT2D eigenvalue weighted by Crippen LogP contribution is -2.56. The van der Waals surface area contributed by atoms with Crippen LogP contribution in [0.2, 0.25) is 10.0 Å². The van der Waals surface area contributed by atoms with Crippen molar-refractivity contribution in [1.29, 1.82) is 0 Å². The Morgan fingerprint density at radius 3 is 2.39 bits per heavy atom. The highest BCUT2D eigenvalue weighted by Crippen LogP contribution is 2.57. The molecular weight excluding hydrogens is 438 g/mol. The van der Waals surface area contributed by atoms with Gasteiger partial charge in [0.2, 0.25) is 11.8 Å². The molecule has 0 saturated carbocycles. The SMILES string of the molecule is O=C1C[C@H](c2ccc(Cl)cc2)[C@@]2(C(=O)Nc3cc(Cl)ccc32)[C@H](c2cccc(F)c2)N1. The van der Waals surface area contributed by atoms with Crippen molar-refractivity contribution < 1.29 is 14.0 Å². The molecule has 2 aliphatic rings. The van der Waals surface area contributed by atoms with Crippen molar-refractivity contribution in [1.82, 2.24) is 5.32 Å². The third-order valence-electron chi connectivity index (χ3n) is 6.21. The smallest absolute Gasteiger partial charge is 0.238 e. The van der Waals surface area contributed by atoms with Gasteiger partial charge in [-0.1, -0.05) is 53.5 Å². The predicted molar refractivity (Wildman–Crippen MR) is 118 cm³/mol. The van der Waals surface area contributed by atoms with E-state index in [1.165, 1.54) is 12.1 Å². The molecule has 4 nitrogen and oxygen atoms in total. The third kappa shape index (κ3) is 3.11. The quantitative estimate of drug-likeness (QED) is 0.546. The summed E-state index contributed by atoms with van der Waals surface area (Å²) in [5, 5.41) is 6.95. The number of amides is 2. The van der Waals surface area contributed by atoms with E-state index >= 15 is 0 Å². The Labute approximate surface area is 188 Å². The Kier molecular flexibility index (Phi) is 4.76. The van der Waals surface area contributed by atoms with Gasteiger partial charge < -0.3 is 10.6 Å². The van der Waals surface area contributed by atoms with Gasteiger partial charge >= 0.3 is 0 Å². The number of halogens is 3. The molecule has 0 aromatic heterocycles. The van der Waals surface area contributed by atoms with E-state index in [1.807, 2.05) is 18.2 Å². The number of hydrogen-bond donors (Lipinski definition) is 2. The minimum atomic E-state index is -1.19. The van der Waals surface area contributed by atoms with Gasteiger partial charge in [0.15, 0.2) is 0 Å². The van der Waals surface area contributed by atoms with Crippen molar-refractivity contribution in [2.75, 3.05) is 5.32 Å². The number of benzene rings is 3. The molecule has 0 bridgehead atoms. The zero-order chi connectivity index (χ0) is 21.8. The molecule has 1 saturated heterocycles. The van der Waals surface area contributed by atoms with E-state index in [4.69, 9.17) is 23.2 Å². The average Bonchev–Trinajstić information content (AvgIpc) is 3.01. The highest BCUT2D eigenvalue weighted by atomic mass is 35.5. The first-order chi connectivity index (χ1) is 14.9. The summed E-state index contributed by atoms with van der Waals surface area (Å²) in [6, 6.07) is 17.6. The molecule has 1 spiro atoms. The molecular formula is C24H17Cl2FN2O2. The second kappa shape index (κ2) is 7.36. The van der Waals surface area contributed by atoms with Gasteiger partial charge in [-0.2, -0.15) is 0 Å². The van der Waals surface area contributed by atoms with Crippen molar-refractivity contribution in [3.8, 4) is 0 Å². The summed E-state index contributed by atoms with van der Waals surface area (Å²) in [7, 11) is 0. The summed E-state index contributed by atoms with van der Waals surface area (Å²) >= 11 is 12.3. The van der Waals surface area contributed by atoms with Crippen LogP contribution < -0.4 is 10.6 Å². The Hall–Kier alpha value is -2.89. The van der Waals surface area contributed by atoms with Crippen LogP contribution in [0.25, 0.3) is 0 Å². The zero-order valence-electron chi connectivity index (χ0n) is 16.2. The van der Waals surface area contributed by atoms with Crippen LogP contribution in [0, 0.1) is 5.82 Å². The Morgan fingerprint density at radius 2 is 1.65 bits per heavy atom. The Morgan fingerprint density at radius 1 is 0.903 bits per heavy atom. The van der Waals surface area contributed by atoms with Crippen LogP contribution in [0.15, 0.2) is 66.7 Å². The largest absolute Gasteiger partial charge is 0.348 e. The molecule has 2 N–H and O–H groups in total. The van der Waals surface area contributed by atoms with Gasteiger partial charge in [-0.15, -0.1) is 0 Å². The minimum absolute atomic E-state index is 0.100. The van der Waals surface area contributed by atoms with Crippen LogP contribution in [0.4, 0.5) is 10.1 Å². The van der Waals surface area contributed by atoms with Crippen molar-refractivity contribution >= 4 is 40.7 Å². The molecule has 1 fully saturated rings. The van der Waals surface area contributed by atoms with Gasteiger partial charge in [-0.3, -0.25) is 9.59 Å². The van der Waals surface area contributed by atoms with E-state index in [0.717, 1.165) is 11.1 Å². The van der Waals surface area contributed by atoms with Gasteiger partial charge in [-0.25, -0.2) is 4.39 Å². The van der Waals surface area contributed by atoms with Crippen LogP contribution >= 0.6 is 23.2 Å².